The average Bonchev–Trinajstić information content (AvgIpc) is 2.14. The van der Waals surface area contributed by atoms with Crippen LogP contribution in [0.3, 0.4) is 0 Å². The van der Waals surface area contributed by atoms with E-state index in [1.165, 1.54) is 0 Å². The third kappa shape index (κ3) is 3.80. The molecule has 0 aliphatic rings. The van der Waals surface area contributed by atoms with Gasteiger partial charge in [-0.25, -0.2) is 9.97 Å². The maximum atomic E-state index is 10.7. The van der Waals surface area contributed by atoms with E-state index in [2.05, 4.69) is 14.2 Å². The molecule has 0 radical (unpaired) electrons. The van der Waals surface area contributed by atoms with Crippen molar-refractivity contribution in [3.63, 3.8) is 0 Å². The van der Waals surface area contributed by atoms with E-state index >= 15 is 0 Å². The van der Waals surface area contributed by atoms with Crippen LogP contribution in [0.15, 0.2) is 18.5 Å². The summed E-state index contributed by atoms with van der Waals surface area (Å²) in [4.78, 5) is 7.99. The third-order valence-corrected chi connectivity index (χ3v) is 2.12. The Morgan fingerprint density at radius 2 is 2.00 bits per heavy atom. The first-order valence-electron chi connectivity index (χ1n) is 4.10. The molecule has 0 bridgehead atoms. The summed E-state index contributed by atoms with van der Waals surface area (Å²) in [5, 5.41) is 0. The molecule has 0 spiro atoms. The van der Waals surface area contributed by atoms with Crippen LogP contribution in [-0.4, -0.2) is 31.2 Å². The molecule has 0 saturated heterocycles. The highest BCUT2D eigenvalue weighted by atomic mass is 32.2. The third-order valence-electron chi connectivity index (χ3n) is 1.56. The lowest BCUT2D eigenvalue weighted by atomic mass is 10.2. The summed E-state index contributed by atoms with van der Waals surface area (Å²) in [6.45, 7) is 1.88. The van der Waals surface area contributed by atoms with Gasteiger partial charge >= 0.3 is 0 Å². The van der Waals surface area contributed by atoms with Crippen LogP contribution >= 0.6 is 0 Å². The van der Waals surface area contributed by atoms with Gasteiger partial charge in [-0.05, 0) is 6.07 Å². The zero-order valence-corrected chi connectivity index (χ0v) is 8.86. The number of hydrogen-bond donors (Lipinski definition) is 0. The van der Waals surface area contributed by atoms with Crippen LogP contribution in [0.5, 0.6) is 0 Å². The Bertz CT molecular complexity index is 377. The fourth-order valence-corrected chi connectivity index (χ4v) is 1.32. The van der Waals surface area contributed by atoms with Gasteiger partial charge in [-0.1, -0.05) is 6.92 Å². The van der Waals surface area contributed by atoms with Gasteiger partial charge in [-0.2, -0.15) is 8.42 Å². The lowest BCUT2D eigenvalue weighted by Gasteiger charge is -2.08. The Balaban J connectivity index is 2.56. The maximum Gasteiger partial charge on any atom is 0.264 e. The zero-order chi connectivity index (χ0) is 10.6. The summed E-state index contributed by atoms with van der Waals surface area (Å²) < 4.78 is 26.0. The van der Waals surface area contributed by atoms with Gasteiger partial charge in [0.25, 0.3) is 10.1 Å². The second-order valence-electron chi connectivity index (χ2n) is 3.00. The van der Waals surface area contributed by atoms with Crippen molar-refractivity contribution < 1.29 is 12.6 Å². The van der Waals surface area contributed by atoms with E-state index in [1.807, 2.05) is 0 Å². The van der Waals surface area contributed by atoms with Crippen molar-refractivity contribution in [2.24, 2.45) is 0 Å². The lowest BCUT2D eigenvalue weighted by molar-refractivity contribution is 0.297. The summed E-state index contributed by atoms with van der Waals surface area (Å²) in [7, 11) is -3.38. The second-order valence-corrected chi connectivity index (χ2v) is 4.64. The minimum atomic E-state index is -3.38. The highest BCUT2D eigenvalue weighted by molar-refractivity contribution is 7.85. The van der Waals surface area contributed by atoms with Gasteiger partial charge in [-0.3, -0.25) is 4.18 Å². The van der Waals surface area contributed by atoms with E-state index in [0.717, 1.165) is 6.26 Å². The molecular weight excluding hydrogens is 204 g/mol. The van der Waals surface area contributed by atoms with Crippen LogP contribution in [0.4, 0.5) is 0 Å². The normalized spacial score (nSPS) is 13.9. The first-order chi connectivity index (χ1) is 6.49. The molecule has 0 fully saturated rings. The minimum Gasteiger partial charge on any atom is -0.270 e. The van der Waals surface area contributed by atoms with Crippen molar-refractivity contribution in [3.8, 4) is 0 Å². The molecule has 14 heavy (non-hydrogen) atoms. The van der Waals surface area contributed by atoms with Gasteiger partial charge < -0.3 is 0 Å². The number of rotatable bonds is 4. The zero-order valence-electron chi connectivity index (χ0n) is 8.04. The molecule has 0 saturated carbocycles. The van der Waals surface area contributed by atoms with Crippen molar-refractivity contribution in [2.45, 2.75) is 12.8 Å². The van der Waals surface area contributed by atoms with Crippen molar-refractivity contribution >= 4 is 10.1 Å². The molecule has 1 heterocycles. The Morgan fingerprint density at radius 3 is 2.50 bits per heavy atom. The van der Waals surface area contributed by atoms with Crippen LogP contribution in [-0.2, 0) is 14.3 Å². The number of nitrogens with zero attached hydrogens (tertiary/aromatic N) is 2. The SMILES string of the molecule is CC(COS(C)(=O)=O)c1ncccn1. The maximum absolute atomic E-state index is 10.7. The second kappa shape index (κ2) is 4.47. The molecule has 1 aromatic rings. The summed E-state index contributed by atoms with van der Waals surface area (Å²) >= 11 is 0. The smallest absolute Gasteiger partial charge is 0.264 e. The predicted molar refractivity (Wildman–Crippen MR) is 51.2 cm³/mol. The van der Waals surface area contributed by atoms with Gasteiger partial charge in [0.1, 0.15) is 5.82 Å². The van der Waals surface area contributed by atoms with Crippen LogP contribution in [0.1, 0.15) is 18.7 Å². The van der Waals surface area contributed by atoms with Crippen molar-refractivity contribution in [3.05, 3.63) is 24.3 Å². The van der Waals surface area contributed by atoms with Gasteiger partial charge in [0.15, 0.2) is 0 Å². The average molecular weight is 216 g/mol. The summed E-state index contributed by atoms with van der Waals surface area (Å²) in [6.07, 6.45) is 4.24. The molecule has 0 amide bonds. The molecule has 0 N–H and O–H groups in total. The standard InChI is InChI=1S/C8H12N2O3S/c1-7(6-13-14(2,11)12)8-9-4-3-5-10-8/h3-5,7H,6H2,1-2H3. The minimum absolute atomic E-state index is 0.0723. The number of hydrogen-bond acceptors (Lipinski definition) is 5. The van der Waals surface area contributed by atoms with E-state index in [9.17, 15) is 8.42 Å². The van der Waals surface area contributed by atoms with Crippen LogP contribution in [0.25, 0.3) is 0 Å². The quantitative estimate of drug-likeness (QED) is 0.688. The molecule has 1 unspecified atom stereocenters. The van der Waals surface area contributed by atoms with Crippen LogP contribution < -0.4 is 0 Å². The van der Waals surface area contributed by atoms with E-state index in [4.69, 9.17) is 0 Å². The molecule has 0 aromatic carbocycles. The number of aromatic nitrogens is 2. The Kier molecular flexibility index (Phi) is 3.54. The Hall–Kier alpha value is -1.01. The van der Waals surface area contributed by atoms with Crippen LogP contribution in [0, 0.1) is 0 Å². The van der Waals surface area contributed by atoms with Crippen LogP contribution in [0.2, 0.25) is 0 Å². The first-order valence-corrected chi connectivity index (χ1v) is 5.92. The van der Waals surface area contributed by atoms with Gasteiger partial charge in [-0.15, -0.1) is 0 Å². The van der Waals surface area contributed by atoms with E-state index in [-0.39, 0.29) is 12.5 Å². The van der Waals surface area contributed by atoms with Gasteiger partial charge in [0, 0.05) is 18.3 Å². The molecule has 0 aliphatic heterocycles. The molecule has 1 atom stereocenters. The van der Waals surface area contributed by atoms with Crippen molar-refractivity contribution in [2.75, 3.05) is 12.9 Å². The van der Waals surface area contributed by atoms with E-state index < -0.39 is 10.1 Å². The Morgan fingerprint density at radius 1 is 1.43 bits per heavy atom. The first kappa shape index (κ1) is 11.1. The fourth-order valence-electron chi connectivity index (χ4n) is 0.865. The highest BCUT2D eigenvalue weighted by Crippen LogP contribution is 2.09. The summed E-state index contributed by atoms with van der Waals surface area (Å²) in [5.41, 5.74) is 0. The predicted octanol–water partition coefficient (Wildman–Crippen LogP) is 0.556. The van der Waals surface area contributed by atoms with E-state index in [1.54, 1.807) is 25.4 Å². The van der Waals surface area contributed by atoms with Gasteiger partial charge in [0.2, 0.25) is 0 Å². The van der Waals surface area contributed by atoms with Crippen molar-refractivity contribution in [1.29, 1.82) is 0 Å². The molecule has 5 nitrogen and oxygen atoms in total. The molecule has 78 valence electrons. The van der Waals surface area contributed by atoms with E-state index in [0.29, 0.717) is 5.82 Å². The molecule has 1 aromatic heterocycles. The molecule has 1 rings (SSSR count). The topological polar surface area (TPSA) is 69.2 Å². The monoisotopic (exact) mass is 216 g/mol. The molecule has 6 heteroatoms. The summed E-state index contributed by atoms with van der Waals surface area (Å²) in [6, 6.07) is 1.70. The van der Waals surface area contributed by atoms with Gasteiger partial charge in [0.05, 0.1) is 12.9 Å². The highest BCUT2D eigenvalue weighted by Gasteiger charge is 2.11. The molecular formula is C8H12N2O3S. The lowest BCUT2D eigenvalue weighted by Crippen LogP contribution is -2.11. The molecule has 0 aliphatic carbocycles. The fraction of sp³-hybridized carbons (Fsp3) is 0.500. The summed E-state index contributed by atoms with van der Waals surface area (Å²) in [5.74, 6) is 0.446. The Labute approximate surface area is 83.3 Å². The largest absolute Gasteiger partial charge is 0.270 e. The van der Waals surface area contributed by atoms with Crippen molar-refractivity contribution in [1.82, 2.24) is 9.97 Å².